The lowest BCUT2D eigenvalue weighted by molar-refractivity contribution is -0.114. The molecule has 1 aromatic heterocycles. The van der Waals surface area contributed by atoms with Crippen molar-refractivity contribution >= 4 is 23.2 Å². The Morgan fingerprint density at radius 2 is 1.79 bits per heavy atom. The highest BCUT2D eigenvalue weighted by Gasteiger charge is 2.38. The number of hydrogen-bond acceptors (Lipinski definition) is 5. The maximum atomic E-state index is 13.1. The minimum atomic E-state index is -0.276. The number of fused-ring (bicyclic) bond motifs is 1. The van der Waals surface area contributed by atoms with Crippen LogP contribution in [0.3, 0.4) is 0 Å². The van der Waals surface area contributed by atoms with E-state index in [1.807, 2.05) is 61.0 Å². The summed E-state index contributed by atoms with van der Waals surface area (Å²) in [6.07, 6.45) is 3.47. The summed E-state index contributed by atoms with van der Waals surface area (Å²) >= 11 is 1.43. The summed E-state index contributed by atoms with van der Waals surface area (Å²) in [6, 6.07) is 18.2. The van der Waals surface area contributed by atoms with Gasteiger partial charge in [0.2, 0.25) is 0 Å². The van der Waals surface area contributed by atoms with E-state index in [1.165, 1.54) is 17.3 Å². The minimum Gasteiger partial charge on any atom is -0.347 e. The number of thioether (sulfide) groups is 1. The zero-order chi connectivity index (χ0) is 20.6. The van der Waals surface area contributed by atoms with E-state index < -0.39 is 0 Å². The lowest BCUT2D eigenvalue weighted by atomic mass is 9.83. The fourth-order valence-corrected chi connectivity index (χ4v) is 4.66. The summed E-state index contributed by atoms with van der Waals surface area (Å²) in [5.74, 6) is 0.0698. The van der Waals surface area contributed by atoms with Crippen LogP contribution in [0, 0.1) is 0 Å². The zero-order valence-corrected chi connectivity index (χ0v) is 17.9. The minimum absolute atomic E-state index is 0.0698. The highest BCUT2D eigenvalue weighted by Crippen LogP contribution is 2.46. The van der Waals surface area contributed by atoms with Crippen LogP contribution < -0.4 is 4.90 Å². The van der Waals surface area contributed by atoms with Gasteiger partial charge in [0.15, 0.2) is 10.9 Å². The van der Waals surface area contributed by atoms with E-state index >= 15 is 0 Å². The number of para-hydroxylation sites is 2. The molecule has 0 spiro atoms. The highest BCUT2D eigenvalue weighted by atomic mass is 32.2. The van der Waals surface area contributed by atoms with Gasteiger partial charge in [0, 0.05) is 35.6 Å². The smallest absolute Gasteiger partial charge is 0.196 e. The number of aromatic nitrogens is 3. The number of carbonyl (C=O) groups excluding carboxylic acids is 1. The van der Waals surface area contributed by atoms with Gasteiger partial charge >= 0.3 is 0 Å². The summed E-state index contributed by atoms with van der Waals surface area (Å²) in [7, 11) is 2.02. The molecule has 2 heterocycles. The molecule has 2 aromatic carbocycles. The molecule has 1 atom stereocenters. The summed E-state index contributed by atoms with van der Waals surface area (Å²) < 4.78 is 1.91. The average molecular weight is 405 g/mol. The lowest BCUT2D eigenvalue weighted by Crippen LogP contribution is -2.25. The molecule has 1 aliphatic rings. The highest BCUT2D eigenvalue weighted by molar-refractivity contribution is 8.00. The number of carbonyl (C=O) groups is 1. The zero-order valence-electron chi connectivity index (χ0n) is 17.0. The molecule has 3 aromatic rings. The third kappa shape index (κ3) is 3.49. The van der Waals surface area contributed by atoms with Crippen molar-refractivity contribution in [1.82, 2.24) is 14.8 Å². The lowest BCUT2D eigenvalue weighted by Gasteiger charge is -2.24. The van der Waals surface area contributed by atoms with Crippen molar-refractivity contribution in [3.8, 4) is 5.69 Å². The first kappa shape index (κ1) is 19.5. The molecule has 29 heavy (non-hydrogen) atoms. The third-order valence-corrected chi connectivity index (χ3v) is 6.53. The quantitative estimate of drug-likeness (QED) is 0.458. The Morgan fingerprint density at radius 3 is 2.52 bits per heavy atom. The number of hydrogen-bond donors (Lipinski definition) is 0. The van der Waals surface area contributed by atoms with Crippen LogP contribution in [0.15, 0.2) is 77.9 Å². The van der Waals surface area contributed by atoms with E-state index in [-0.39, 0.29) is 16.4 Å². The number of likely N-dealkylation sites (N-methyl/N-ethyl adjacent to an activating group) is 1. The molecule has 0 aliphatic carbocycles. The number of nitrogens with zero attached hydrogens (tertiary/aromatic N) is 4. The average Bonchev–Trinajstić information content (AvgIpc) is 3.26. The van der Waals surface area contributed by atoms with Crippen molar-refractivity contribution in [3.05, 3.63) is 78.3 Å². The topological polar surface area (TPSA) is 51.0 Å². The summed E-state index contributed by atoms with van der Waals surface area (Å²) in [6.45, 7) is 6.25. The van der Waals surface area contributed by atoms with Gasteiger partial charge < -0.3 is 4.90 Å². The molecule has 0 N–H and O–H groups in total. The Hall–Kier alpha value is -2.86. The molecule has 0 saturated carbocycles. The van der Waals surface area contributed by atoms with Crippen LogP contribution in [0.5, 0.6) is 0 Å². The second kappa shape index (κ2) is 7.52. The first-order chi connectivity index (χ1) is 13.9. The monoisotopic (exact) mass is 404 g/mol. The first-order valence-electron chi connectivity index (χ1n) is 9.61. The molecule has 1 aliphatic heterocycles. The predicted octanol–water partition coefficient (Wildman–Crippen LogP) is 4.63. The van der Waals surface area contributed by atoms with Crippen LogP contribution in [0.1, 0.15) is 26.3 Å². The first-order valence-corrected chi connectivity index (χ1v) is 10.5. The van der Waals surface area contributed by atoms with E-state index in [2.05, 4.69) is 41.1 Å². The second-order valence-corrected chi connectivity index (χ2v) is 9.02. The summed E-state index contributed by atoms with van der Waals surface area (Å²) in [5, 5.41) is 8.68. The third-order valence-electron chi connectivity index (χ3n) is 5.45. The molecule has 6 heteroatoms. The maximum Gasteiger partial charge on any atom is 0.196 e. The largest absolute Gasteiger partial charge is 0.347 e. The molecular formula is C23H24N4OS. The Kier molecular flexibility index (Phi) is 5.04. The van der Waals surface area contributed by atoms with Crippen molar-refractivity contribution in [2.24, 2.45) is 0 Å². The number of rotatable bonds is 5. The van der Waals surface area contributed by atoms with E-state index in [1.54, 1.807) is 12.4 Å². The molecule has 148 valence electrons. The summed E-state index contributed by atoms with van der Waals surface area (Å²) in [4.78, 5) is 15.2. The van der Waals surface area contributed by atoms with Gasteiger partial charge in [-0.1, -0.05) is 62.0 Å². The number of ketones is 1. The van der Waals surface area contributed by atoms with Crippen molar-refractivity contribution in [1.29, 1.82) is 0 Å². The molecule has 5 nitrogen and oxygen atoms in total. The van der Waals surface area contributed by atoms with Gasteiger partial charge in [-0.3, -0.25) is 9.36 Å². The van der Waals surface area contributed by atoms with Crippen LogP contribution in [0.2, 0.25) is 0 Å². The van der Waals surface area contributed by atoms with Crippen molar-refractivity contribution in [2.45, 2.75) is 36.6 Å². The van der Waals surface area contributed by atoms with Gasteiger partial charge in [0.1, 0.15) is 6.33 Å². The van der Waals surface area contributed by atoms with Gasteiger partial charge in [-0.05, 0) is 30.7 Å². The number of anilines is 1. The van der Waals surface area contributed by atoms with Crippen LogP contribution in [-0.2, 0) is 10.2 Å². The standard InChI is InChI=1S/C23H24N4OS/c1-16(29-22-25-24-15-27(22)17-10-6-5-7-11-17)20(28)14-21-23(2,3)18-12-8-9-13-19(18)26(21)4/h5-16H,1-4H3/b21-14+/t16-/m0/s1. The molecular weight excluding hydrogens is 380 g/mol. The SMILES string of the molecule is C[C@H](Sc1nncn1-c1ccccc1)C(=O)/C=C1/N(C)c2ccccc2C1(C)C. The summed E-state index contributed by atoms with van der Waals surface area (Å²) in [5.41, 5.74) is 4.17. The molecule has 0 bridgehead atoms. The van der Waals surface area contributed by atoms with Crippen LogP contribution in [0.4, 0.5) is 5.69 Å². The Balaban J connectivity index is 1.57. The number of allylic oxidation sites excluding steroid dienone is 2. The van der Waals surface area contributed by atoms with E-state index in [4.69, 9.17) is 0 Å². The number of benzene rings is 2. The van der Waals surface area contributed by atoms with Crippen molar-refractivity contribution in [2.75, 3.05) is 11.9 Å². The normalized spacial score (nSPS) is 17.4. The van der Waals surface area contributed by atoms with E-state index in [9.17, 15) is 4.79 Å². The fraction of sp³-hybridized carbons (Fsp3) is 0.261. The Labute approximate surface area is 175 Å². The van der Waals surface area contributed by atoms with Crippen LogP contribution >= 0.6 is 11.8 Å². The fourth-order valence-electron chi connectivity index (χ4n) is 3.80. The van der Waals surface area contributed by atoms with Gasteiger partial charge in [0.05, 0.1) is 5.25 Å². The molecule has 0 fully saturated rings. The maximum absolute atomic E-state index is 13.1. The van der Waals surface area contributed by atoms with Gasteiger partial charge in [0.25, 0.3) is 0 Å². The Bertz CT molecular complexity index is 1070. The van der Waals surface area contributed by atoms with Crippen LogP contribution in [0.25, 0.3) is 5.69 Å². The van der Waals surface area contributed by atoms with E-state index in [0.29, 0.717) is 5.16 Å². The molecule has 4 rings (SSSR count). The molecule has 0 unspecified atom stereocenters. The molecule has 0 amide bonds. The van der Waals surface area contributed by atoms with Crippen molar-refractivity contribution < 1.29 is 4.79 Å². The second-order valence-electron chi connectivity index (χ2n) is 7.71. The molecule has 0 radical (unpaired) electrons. The van der Waals surface area contributed by atoms with Gasteiger partial charge in [-0.15, -0.1) is 10.2 Å². The van der Waals surface area contributed by atoms with Gasteiger partial charge in [-0.25, -0.2) is 0 Å². The van der Waals surface area contributed by atoms with Crippen molar-refractivity contribution in [3.63, 3.8) is 0 Å². The predicted molar refractivity (Wildman–Crippen MR) is 118 cm³/mol. The van der Waals surface area contributed by atoms with E-state index in [0.717, 1.165) is 17.1 Å². The molecule has 0 saturated heterocycles. The van der Waals surface area contributed by atoms with Gasteiger partial charge in [-0.2, -0.15) is 0 Å². The Morgan fingerprint density at radius 1 is 1.10 bits per heavy atom. The van der Waals surface area contributed by atoms with Crippen LogP contribution in [-0.4, -0.2) is 32.8 Å².